The van der Waals surface area contributed by atoms with Gasteiger partial charge in [0.1, 0.15) is 17.3 Å². The molecule has 3 heterocycles. The van der Waals surface area contributed by atoms with E-state index < -0.39 is 82.8 Å². The predicted octanol–water partition coefficient (Wildman–Crippen LogP) is 4.53. The molecule has 3 aliphatic heterocycles. The number of aliphatic hydroxyl groups excluding tert-OH is 2. The van der Waals surface area contributed by atoms with Gasteiger partial charge in [0.05, 0.1) is 30.0 Å². The number of hydrogen-bond acceptors (Lipinski definition) is 9. The highest BCUT2D eigenvalue weighted by atomic mass is 16.7. The van der Waals surface area contributed by atoms with Crippen LogP contribution in [0.1, 0.15) is 115 Å². The molecule has 10 heteroatoms. The molecule has 262 valence electrons. The van der Waals surface area contributed by atoms with Crippen molar-refractivity contribution in [1.82, 2.24) is 0 Å². The minimum Gasteiger partial charge on any atom is -0.481 e. The number of Topliss-reactive ketones (excluding diaryl/α,β-unsaturated/α-hetero) is 1. The van der Waals surface area contributed by atoms with Crippen LogP contribution in [-0.2, 0) is 23.8 Å². The summed E-state index contributed by atoms with van der Waals surface area (Å²) in [6, 6.07) is 0. The molecule has 3 rings (SSSR count). The van der Waals surface area contributed by atoms with Crippen LogP contribution in [0.4, 0.5) is 0 Å². The van der Waals surface area contributed by atoms with Crippen LogP contribution in [0.15, 0.2) is 0 Å². The van der Waals surface area contributed by atoms with Gasteiger partial charge in [-0.15, -0.1) is 0 Å². The fourth-order valence-corrected chi connectivity index (χ4v) is 9.06. The molecule has 0 aromatic carbocycles. The van der Waals surface area contributed by atoms with E-state index in [0.29, 0.717) is 38.5 Å². The highest BCUT2D eigenvalue weighted by molar-refractivity contribution is 5.84. The van der Waals surface area contributed by atoms with Gasteiger partial charge in [-0.3, -0.25) is 9.59 Å². The van der Waals surface area contributed by atoms with Gasteiger partial charge in [0.25, 0.3) is 0 Å². The summed E-state index contributed by atoms with van der Waals surface area (Å²) in [4.78, 5) is 25.9. The second-order valence-electron chi connectivity index (χ2n) is 15.3. The molecular weight excluding hydrogens is 580 g/mol. The van der Waals surface area contributed by atoms with E-state index in [1.54, 1.807) is 20.8 Å². The first-order chi connectivity index (χ1) is 20.7. The molecular formula is C35H62O10. The summed E-state index contributed by atoms with van der Waals surface area (Å²) in [5.74, 6) is -8.84. The molecule has 0 saturated carbocycles. The normalized spacial score (nSPS) is 44.6. The first-order valence-corrected chi connectivity index (χ1v) is 17.3. The minimum absolute atomic E-state index is 0.0790. The zero-order chi connectivity index (χ0) is 34.4. The topological polar surface area (TPSA) is 163 Å². The molecule has 0 amide bonds. The standard InChI is InChI=1S/C35H62O10/c1-12-25(30-19(5)16-32(11,43-30)35(42)21(7)17-33(14-3,45-35)26(36)13-2)28(38)22(8)27(37)23(9)29-18(4)15-20(6)34(41,44-29)24(10)31(39)40/h18-27,29-30,36-37,41-42H,12-17H2,1-11H3,(H,39,40)/t18-,19-,20+,21+,22-,23-,24+,25-,26-,27+,29-,30-,32-,33+,34+,35+/m0/s1. The summed E-state index contributed by atoms with van der Waals surface area (Å²) in [6.45, 7) is 20.2. The van der Waals surface area contributed by atoms with Crippen molar-refractivity contribution < 1.29 is 49.3 Å². The second-order valence-corrected chi connectivity index (χ2v) is 15.3. The summed E-state index contributed by atoms with van der Waals surface area (Å²) < 4.78 is 19.2. The summed E-state index contributed by atoms with van der Waals surface area (Å²) in [5.41, 5.74) is -1.99. The van der Waals surface area contributed by atoms with E-state index in [1.165, 1.54) is 6.92 Å². The molecule has 0 aliphatic carbocycles. The van der Waals surface area contributed by atoms with Crippen molar-refractivity contribution in [2.75, 3.05) is 0 Å². The lowest BCUT2D eigenvalue weighted by Gasteiger charge is -2.49. The Bertz CT molecular complexity index is 1050. The number of ether oxygens (including phenoxy) is 3. The van der Waals surface area contributed by atoms with Crippen molar-refractivity contribution in [3.05, 3.63) is 0 Å². The third kappa shape index (κ3) is 6.51. The first kappa shape index (κ1) is 38.3. The Hall–Kier alpha value is -1.14. The maximum atomic E-state index is 14.1. The van der Waals surface area contributed by atoms with E-state index in [9.17, 15) is 35.1 Å². The van der Waals surface area contributed by atoms with E-state index in [4.69, 9.17) is 14.2 Å². The number of carbonyl (C=O) groups excluding carboxylic acids is 1. The third-order valence-electron chi connectivity index (χ3n) is 12.2. The molecule has 0 spiro atoms. The zero-order valence-electron chi connectivity index (χ0n) is 29.4. The number of aliphatic carboxylic acids is 1. The first-order valence-electron chi connectivity index (χ1n) is 17.3. The lowest BCUT2D eigenvalue weighted by Crippen LogP contribution is -2.58. The van der Waals surface area contributed by atoms with Gasteiger partial charge in [-0.1, -0.05) is 62.3 Å². The van der Waals surface area contributed by atoms with Crippen molar-refractivity contribution in [3.63, 3.8) is 0 Å². The maximum absolute atomic E-state index is 14.1. The molecule has 45 heavy (non-hydrogen) atoms. The fraction of sp³-hybridized carbons (Fsp3) is 0.943. The Morgan fingerprint density at radius 1 is 0.867 bits per heavy atom. The Kier molecular flexibility index (Phi) is 11.7. The largest absolute Gasteiger partial charge is 0.481 e. The number of carbonyl (C=O) groups is 2. The quantitative estimate of drug-likeness (QED) is 0.193. The number of rotatable bonds is 13. The molecule has 16 atom stereocenters. The SMILES string of the molecule is CC[C@@H](C(=O)[C@@H](C)[C@@H](O)[C@H](C)[C@H]1O[C@@](O)([C@H](C)C(=O)O)[C@H](C)C[C@@H]1C)[C@H]1O[C@](C)([C@]2(O)O[C@@](CC)([C@@H](O)CC)C[C@H]2C)C[C@@H]1C. The molecule has 0 bridgehead atoms. The number of hydrogen-bond donors (Lipinski definition) is 5. The van der Waals surface area contributed by atoms with Gasteiger partial charge < -0.3 is 39.7 Å². The van der Waals surface area contributed by atoms with E-state index >= 15 is 0 Å². The smallest absolute Gasteiger partial charge is 0.311 e. The average Bonchev–Trinajstić information content (AvgIpc) is 3.46. The van der Waals surface area contributed by atoms with Gasteiger partial charge in [0.2, 0.25) is 0 Å². The molecule has 10 nitrogen and oxygen atoms in total. The van der Waals surface area contributed by atoms with Crippen molar-refractivity contribution >= 4 is 11.8 Å². The number of carboxylic acid groups (broad SMARTS) is 1. The van der Waals surface area contributed by atoms with E-state index in [2.05, 4.69) is 0 Å². The predicted molar refractivity (Wildman–Crippen MR) is 169 cm³/mol. The highest BCUT2D eigenvalue weighted by Crippen LogP contribution is 2.56. The van der Waals surface area contributed by atoms with Gasteiger partial charge in [-0.05, 0) is 64.2 Å². The third-order valence-corrected chi connectivity index (χ3v) is 12.2. The number of ketones is 1. The van der Waals surface area contributed by atoms with Crippen molar-refractivity contribution in [1.29, 1.82) is 0 Å². The summed E-state index contributed by atoms with van der Waals surface area (Å²) in [7, 11) is 0. The second kappa shape index (κ2) is 13.8. The van der Waals surface area contributed by atoms with Gasteiger partial charge >= 0.3 is 5.97 Å². The van der Waals surface area contributed by atoms with Crippen LogP contribution in [0.5, 0.6) is 0 Å². The lowest BCUT2D eigenvalue weighted by atomic mass is 9.72. The average molecular weight is 643 g/mol. The van der Waals surface area contributed by atoms with Crippen LogP contribution in [0.2, 0.25) is 0 Å². The van der Waals surface area contributed by atoms with E-state index in [-0.39, 0.29) is 23.5 Å². The van der Waals surface area contributed by atoms with Gasteiger partial charge in [0, 0.05) is 29.6 Å². The minimum atomic E-state index is -1.89. The van der Waals surface area contributed by atoms with Crippen LogP contribution in [0, 0.1) is 47.3 Å². The fourth-order valence-electron chi connectivity index (χ4n) is 9.06. The molecule has 0 unspecified atom stereocenters. The van der Waals surface area contributed by atoms with Gasteiger partial charge in [0.15, 0.2) is 11.6 Å². The highest BCUT2D eigenvalue weighted by Gasteiger charge is 2.67. The summed E-state index contributed by atoms with van der Waals surface area (Å²) >= 11 is 0. The molecule has 5 N–H and O–H groups in total. The van der Waals surface area contributed by atoms with Crippen molar-refractivity contribution in [3.8, 4) is 0 Å². The molecule has 0 aromatic rings. The van der Waals surface area contributed by atoms with Crippen LogP contribution in [-0.4, -0.2) is 84.5 Å². The Balaban J connectivity index is 1.80. The Morgan fingerprint density at radius 2 is 1.47 bits per heavy atom. The van der Waals surface area contributed by atoms with Crippen LogP contribution < -0.4 is 0 Å². The molecule has 3 aliphatic rings. The van der Waals surface area contributed by atoms with Gasteiger partial charge in [-0.25, -0.2) is 0 Å². The Morgan fingerprint density at radius 3 is 1.98 bits per heavy atom. The van der Waals surface area contributed by atoms with Crippen LogP contribution in [0.25, 0.3) is 0 Å². The molecule has 0 radical (unpaired) electrons. The summed E-state index contributed by atoms with van der Waals surface area (Å²) in [6.07, 6.45) is -0.0253. The molecule has 0 aromatic heterocycles. The van der Waals surface area contributed by atoms with E-state index in [0.717, 1.165) is 0 Å². The van der Waals surface area contributed by atoms with Crippen molar-refractivity contribution in [2.45, 2.75) is 162 Å². The van der Waals surface area contributed by atoms with Crippen molar-refractivity contribution in [2.24, 2.45) is 47.3 Å². The monoisotopic (exact) mass is 642 g/mol. The maximum Gasteiger partial charge on any atom is 0.311 e. The number of aliphatic hydroxyl groups is 4. The van der Waals surface area contributed by atoms with Crippen LogP contribution >= 0.6 is 0 Å². The van der Waals surface area contributed by atoms with Crippen LogP contribution in [0.3, 0.4) is 0 Å². The Labute approximate surface area is 270 Å². The van der Waals surface area contributed by atoms with Gasteiger partial charge in [-0.2, -0.15) is 0 Å². The zero-order valence-corrected chi connectivity index (χ0v) is 29.4. The van der Waals surface area contributed by atoms with E-state index in [1.807, 2.05) is 48.5 Å². The molecule has 3 saturated heterocycles. The lowest BCUT2D eigenvalue weighted by molar-refractivity contribution is -0.332. The summed E-state index contributed by atoms with van der Waals surface area (Å²) in [5, 5.41) is 55.4. The molecule has 3 fully saturated rings. The number of carboxylic acids is 1.